The number of nitrogens with one attached hydrogen (secondary N) is 1. The molecule has 20 heavy (non-hydrogen) atoms. The highest BCUT2D eigenvalue weighted by Crippen LogP contribution is 2.24. The molecule has 1 atom stereocenters. The van der Waals surface area contributed by atoms with Crippen LogP contribution < -0.4 is 5.32 Å². The van der Waals surface area contributed by atoms with Crippen molar-refractivity contribution in [2.45, 2.75) is 32.9 Å². The molecule has 0 amide bonds. The summed E-state index contributed by atoms with van der Waals surface area (Å²) in [5.41, 5.74) is 1.68. The van der Waals surface area contributed by atoms with Gasteiger partial charge in [-0.25, -0.2) is 4.39 Å². The second-order valence-corrected chi connectivity index (χ2v) is 5.01. The van der Waals surface area contributed by atoms with Crippen molar-refractivity contribution in [3.63, 3.8) is 0 Å². The highest BCUT2D eigenvalue weighted by atomic mass is 35.5. The molecular weight excluding hydrogens is 277 g/mol. The third kappa shape index (κ3) is 3.19. The number of benzene rings is 1. The Morgan fingerprint density at radius 3 is 2.85 bits per heavy atom. The van der Waals surface area contributed by atoms with Crippen molar-refractivity contribution in [3.8, 4) is 0 Å². The zero-order chi connectivity index (χ0) is 14.5. The Hall–Kier alpha value is -1.39. The van der Waals surface area contributed by atoms with Gasteiger partial charge in [-0.2, -0.15) is 5.10 Å². The zero-order valence-corrected chi connectivity index (χ0v) is 12.5. The van der Waals surface area contributed by atoms with Crippen LogP contribution in [-0.2, 0) is 13.0 Å². The van der Waals surface area contributed by atoms with Crippen molar-refractivity contribution in [2.24, 2.45) is 0 Å². The third-order valence-corrected chi connectivity index (χ3v) is 3.60. The van der Waals surface area contributed by atoms with Gasteiger partial charge in [-0.05, 0) is 37.6 Å². The van der Waals surface area contributed by atoms with Gasteiger partial charge in [0, 0.05) is 12.7 Å². The largest absolute Gasteiger partial charge is 0.309 e. The first-order valence-electron chi connectivity index (χ1n) is 6.85. The summed E-state index contributed by atoms with van der Waals surface area (Å²) < 4.78 is 16.0. The summed E-state index contributed by atoms with van der Waals surface area (Å²) in [5, 5.41) is 7.83. The van der Waals surface area contributed by atoms with Crippen LogP contribution in [0.1, 0.15) is 31.1 Å². The molecule has 2 rings (SSSR count). The summed E-state index contributed by atoms with van der Waals surface area (Å²) >= 11 is 5.84. The number of aromatic nitrogens is 2. The average molecular weight is 296 g/mol. The van der Waals surface area contributed by atoms with Crippen molar-refractivity contribution >= 4 is 11.6 Å². The van der Waals surface area contributed by atoms with Crippen molar-refractivity contribution in [1.82, 2.24) is 15.1 Å². The summed E-state index contributed by atoms with van der Waals surface area (Å²) in [5.74, 6) is -0.334. The van der Waals surface area contributed by atoms with Gasteiger partial charge >= 0.3 is 0 Å². The first-order chi connectivity index (χ1) is 9.67. The van der Waals surface area contributed by atoms with Crippen LogP contribution in [0.5, 0.6) is 0 Å². The Balaban J connectivity index is 2.28. The van der Waals surface area contributed by atoms with E-state index in [1.165, 1.54) is 0 Å². The van der Waals surface area contributed by atoms with E-state index >= 15 is 0 Å². The maximum Gasteiger partial charge on any atom is 0.145 e. The number of rotatable bonds is 6. The Morgan fingerprint density at radius 1 is 1.35 bits per heavy atom. The van der Waals surface area contributed by atoms with E-state index in [4.69, 9.17) is 11.6 Å². The SMILES string of the molecule is CCNC(Cc1cccc(Cl)c1F)c1ccnn1CC. The van der Waals surface area contributed by atoms with Gasteiger partial charge in [0.2, 0.25) is 0 Å². The lowest BCUT2D eigenvalue weighted by Crippen LogP contribution is -2.26. The van der Waals surface area contributed by atoms with Gasteiger partial charge < -0.3 is 5.32 Å². The molecule has 0 aliphatic heterocycles. The number of halogens is 2. The molecule has 0 bridgehead atoms. The van der Waals surface area contributed by atoms with Crippen LogP contribution in [0.4, 0.5) is 4.39 Å². The molecule has 0 saturated carbocycles. The van der Waals surface area contributed by atoms with E-state index in [0.717, 1.165) is 18.8 Å². The van der Waals surface area contributed by atoms with Gasteiger partial charge in [-0.1, -0.05) is 30.7 Å². The van der Waals surface area contributed by atoms with Crippen LogP contribution in [0.2, 0.25) is 5.02 Å². The van der Waals surface area contributed by atoms with Crippen LogP contribution in [-0.4, -0.2) is 16.3 Å². The van der Waals surface area contributed by atoms with E-state index < -0.39 is 0 Å². The third-order valence-electron chi connectivity index (χ3n) is 3.31. The van der Waals surface area contributed by atoms with Gasteiger partial charge in [0.15, 0.2) is 0 Å². The normalized spacial score (nSPS) is 12.6. The Morgan fingerprint density at radius 2 is 2.15 bits per heavy atom. The molecule has 1 N–H and O–H groups in total. The van der Waals surface area contributed by atoms with Gasteiger partial charge in [0.05, 0.1) is 16.8 Å². The predicted molar refractivity (Wildman–Crippen MR) is 79.4 cm³/mol. The van der Waals surface area contributed by atoms with Crippen LogP contribution in [0.15, 0.2) is 30.5 Å². The molecule has 1 heterocycles. The summed E-state index contributed by atoms with van der Waals surface area (Å²) in [6, 6.07) is 7.12. The van der Waals surface area contributed by atoms with E-state index in [1.807, 2.05) is 24.6 Å². The van der Waals surface area contributed by atoms with Crippen molar-refractivity contribution in [2.75, 3.05) is 6.54 Å². The quantitative estimate of drug-likeness (QED) is 0.882. The lowest BCUT2D eigenvalue weighted by Gasteiger charge is -2.19. The molecule has 0 spiro atoms. The van der Waals surface area contributed by atoms with Gasteiger partial charge in [-0.3, -0.25) is 4.68 Å². The first kappa shape index (κ1) is 15.0. The molecule has 3 nitrogen and oxygen atoms in total. The molecule has 5 heteroatoms. The Kier molecular flexibility index (Phi) is 5.15. The van der Waals surface area contributed by atoms with Crippen LogP contribution >= 0.6 is 11.6 Å². The van der Waals surface area contributed by atoms with Crippen molar-refractivity contribution < 1.29 is 4.39 Å². The minimum Gasteiger partial charge on any atom is -0.309 e. The lowest BCUT2D eigenvalue weighted by atomic mass is 10.0. The number of hydrogen-bond donors (Lipinski definition) is 1. The summed E-state index contributed by atoms with van der Waals surface area (Å²) in [4.78, 5) is 0. The molecule has 0 aliphatic rings. The highest BCUT2D eigenvalue weighted by molar-refractivity contribution is 6.30. The van der Waals surface area contributed by atoms with E-state index in [0.29, 0.717) is 12.0 Å². The van der Waals surface area contributed by atoms with Crippen LogP contribution in [0, 0.1) is 5.82 Å². The van der Waals surface area contributed by atoms with Gasteiger partial charge in [0.25, 0.3) is 0 Å². The minimum absolute atomic E-state index is 0.0235. The van der Waals surface area contributed by atoms with Gasteiger partial charge in [0.1, 0.15) is 5.82 Å². The minimum atomic E-state index is -0.334. The van der Waals surface area contributed by atoms with E-state index in [2.05, 4.69) is 10.4 Å². The van der Waals surface area contributed by atoms with Crippen LogP contribution in [0.3, 0.4) is 0 Å². The maximum absolute atomic E-state index is 14.0. The number of aryl methyl sites for hydroxylation is 1. The topological polar surface area (TPSA) is 29.9 Å². The Labute approximate surface area is 123 Å². The van der Waals surface area contributed by atoms with E-state index in [1.54, 1.807) is 24.4 Å². The van der Waals surface area contributed by atoms with Crippen molar-refractivity contribution in [3.05, 3.63) is 52.6 Å². The average Bonchev–Trinajstić information content (AvgIpc) is 2.91. The standard InChI is InChI=1S/C15H19ClFN3/c1-3-18-13(14-8-9-19-20(14)4-2)10-11-6-5-7-12(16)15(11)17/h5-9,13,18H,3-4,10H2,1-2H3. The fourth-order valence-corrected chi connectivity index (χ4v) is 2.55. The van der Waals surface area contributed by atoms with Crippen molar-refractivity contribution in [1.29, 1.82) is 0 Å². The maximum atomic E-state index is 14.0. The second kappa shape index (κ2) is 6.86. The van der Waals surface area contributed by atoms with Crippen LogP contribution in [0.25, 0.3) is 0 Å². The molecule has 0 aliphatic carbocycles. The molecule has 0 fully saturated rings. The summed E-state index contributed by atoms with van der Waals surface area (Å²) in [6.07, 6.45) is 2.32. The number of nitrogens with zero attached hydrogens (tertiary/aromatic N) is 2. The molecular formula is C15H19ClFN3. The molecule has 2 aromatic rings. The van der Waals surface area contributed by atoms with Gasteiger partial charge in [-0.15, -0.1) is 0 Å². The summed E-state index contributed by atoms with van der Waals surface area (Å²) in [7, 11) is 0. The molecule has 1 aromatic heterocycles. The summed E-state index contributed by atoms with van der Waals surface area (Å²) in [6.45, 7) is 5.68. The predicted octanol–water partition coefficient (Wildman–Crippen LogP) is 3.59. The van der Waals surface area contributed by atoms with E-state index in [9.17, 15) is 4.39 Å². The van der Waals surface area contributed by atoms with E-state index in [-0.39, 0.29) is 16.9 Å². The molecule has 1 unspecified atom stereocenters. The molecule has 108 valence electrons. The fourth-order valence-electron chi connectivity index (χ4n) is 2.36. The second-order valence-electron chi connectivity index (χ2n) is 4.60. The Bertz CT molecular complexity index is 568. The monoisotopic (exact) mass is 295 g/mol. The molecule has 0 radical (unpaired) electrons. The number of likely N-dealkylation sites (N-methyl/N-ethyl adjacent to an activating group) is 1. The molecule has 1 aromatic carbocycles. The fraction of sp³-hybridized carbons (Fsp3) is 0.400. The highest BCUT2D eigenvalue weighted by Gasteiger charge is 2.18. The molecule has 0 saturated heterocycles. The lowest BCUT2D eigenvalue weighted by molar-refractivity contribution is 0.481. The smallest absolute Gasteiger partial charge is 0.145 e. The zero-order valence-electron chi connectivity index (χ0n) is 11.7. The number of hydrogen-bond acceptors (Lipinski definition) is 2. The first-order valence-corrected chi connectivity index (χ1v) is 7.23.